The Hall–Kier alpha value is -1.76. The van der Waals surface area contributed by atoms with E-state index in [4.69, 9.17) is 4.74 Å². The zero-order valence-electron chi connectivity index (χ0n) is 18.9. The van der Waals surface area contributed by atoms with Crippen molar-refractivity contribution in [2.24, 2.45) is 0 Å². The lowest BCUT2D eigenvalue weighted by Crippen LogP contribution is -2.29. The maximum atomic E-state index is 5.83. The van der Waals surface area contributed by atoms with E-state index < -0.39 is 0 Å². The van der Waals surface area contributed by atoms with Crippen LogP contribution in [0.4, 0.5) is 0 Å². The predicted molar refractivity (Wildman–Crippen MR) is 126 cm³/mol. The molecule has 1 aliphatic carbocycles. The van der Waals surface area contributed by atoms with Crippen LogP contribution in [-0.4, -0.2) is 6.61 Å². The molecule has 1 saturated carbocycles. The van der Waals surface area contributed by atoms with Crippen LogP contribution in [0.15, 0.2) is 42.5 Å². The van der Waals surface area contributed by atoms with E-state index in [2.05, 4.69) is 63.2 Å². The van der Waals surface area contributed by atoms with Gasteiger partial charge in [0.1, 0.15) is 5.75 Å². The van der Waals surface area contributed by atoms with Crippen LogP contribution in [-0.2, 0) is 5.41 Å². The van der Waals surface area contributed by atoms with Gasteiger partial charge in [0.05, 0.1) is 6.61 Å². The van der Waals surface area contributed by atoms with Gasteiger partial charge in [-0.2, -0.15) is 0 Å². The lowest BCUT2D eigenvalue weighted by atomic mass is 9.66. The first-order valence-corrected chi connectivity index (χ1v) is 12.0. The van der Waals surface area contributed by atoms with Crippen LogP contribution in [0.3, 0.4) is 0 Å². The van der Waals surface area contributed by atoms with Crippen LogP contribution in [0.2, 0.25) is 0 Å². The minimum absolute atomic E-state index is 0.424. The lowest BCUT2D eigenvalue weighted by Gasteiger charge is -2.38. The summed E-state index contributed by atoms with van der Waals surface area (Å²) in [5.74, 6) is 0.980. The van der Waals surface area contributed by atoms with Crippen LogP contribution in [0.5, 0.6) is 5.75 Å². The fourth-order valence-electron chi connectivity index (χ4n) is 5.01. The van der Waals surface area contributed by atoms with Gasteiger partial charge in [0.2, 0.25) is 0 Å². The topological polar surface area (TPSA) is 9.23 Å². The molecule has 1 heteroatoms. The molecule has 0 spiro atoms. The quantitative estimate of drug-likeness (QED) is 0.368. The molecule has 3 rings (SSSR count). The highest BCUT2D eigenvalue weighted by Crippen LogP contribution is 2.44. The largest absolute Gasteiger partial charge is 0.494 e. The minimum atomic E-state index is 0.424. The van der Waals surface area contributed by atoms with Crippen molar-refractivity contribution in [3.63, 3.8) is 0 Å². The number of ether oxygens (including phenoxy) is 1. The van der Waals surface area contributed by atoms with Crippen molar-refractivity contribution in [3.05, 3.63) is 53.6 Å². The molecule has 0 heterocycles. The lowest BCUT2D eigenvalue weighted by molar-refractivity contribution is 0.266. The van der Waals surface area contributed by atoms with Crippen molar-refractivity contribution < 1.29 is 4.74 Å². The van der Waals surface area contributed by atoms with Crippen LogP contribution >= 0.6 is 0 Å². The second-order valence-corrected chi connectivity index (χ2v) is 9.05. The molecular weight excluding hydrogens is 352 g/mol. The number of rotatable bonds is 10. The Bertz CT molecular complexity index is 737. The molecule has 1 nitrogen and oxygen atoms in total. The maximum Gasteiger partial charge on any atom is 0.119 e. The summed E-state index contributed by atoms with van der Waals surface area (Å²) in [5, 5.41) is 0. The monoisotopic (exact) mass is 392 g/mol. The highest BCUT2D eigenvalue weighted by molar-refractivity contribution is 5.68. The molecule has 2 aromatic rings. The third kappa shape index (κ3) is 5.65. The van der Waals surface area contributed by atoms with Crippen molar-refractivity contribution in [2.45, 2.75) is 96.8 Å². The van der Waals surface area contributed by atoms with Gasteiger partial charge in [0, 0.05) is 0 Å². The molecule has 0 N–H and O–H groups in total. The molecule has 0 bridgehead atoms. The van der Waals surface area contributed by atoms with Crippen LogP contribution in [0.1, 0.15) is 95.6 Å². The van der Waals surface area contributed by atoms with E-state index in [9.17, 15) is 0 Å². The summed E-state index contributed by atoms with van der Waals surface area (Å²) < 4.78 is 5.83. The van der Waals surface area contributed by atoms with Gasteiger partial charge in [-0.15, -0.1) is 0 Å². The van der Waals surface area contributed by atoms with Crippen molar-refractivity contribution in [3.8, 4) is 16.9 Å². The predicted octanol–water partition coefficient (Wildman–Crippen LogP) is 8.62. The number of aryl methyl sites for hydroxylation is 1. The molecule has 0 aliphatic heterocycles. The molecule has 0 atom stereocenters. The molecule has 1 aliphatic rings. The Morgan fingerprint density at radius 3 is 2.21 bits per heavy atom. The smallest absolute Gasteiger partial charge is 0.119 e. The normalized spacial score (nSPS) is 16.0. The maximum absolute atomic E-state index is 5.83. The highest BCUT2D eigenvalue weighted by atomic mass is 16.5. The molecule has 0 aromatic heterocycles. The summed E-state index contributed by atoms with van der Waals surface area (Å²) >= 11 is 0. The van der Waals surface area contributed by atoms with Gasteiger partial charge >= 0.3 is 0 Å². The zero-order chi connectivity index (χ0) is 20.5. The van der Waals surface area contributed by atoms with Gasteiger partial charge in [-0.25, -0.2) is 0 Å². The summed E-state index contributed by atoms with van der Waals surface area (Å²) in [6.45, 7) is 7.60. The Labute approximate surface area is 178 Å². The third-order valence-corrected chi connectivity index (χ3v) is 6.84. The van der Waals surface area contributed by atoms with Crippen molar-refractivity contribution in [2.75, 3.05) is 6.61 Å². The Balaban J connectivity index is 1.77. The summed E-state index contributed by atoms with van der Waals surface area (Å²) in [5.41, 5.74) is 6.07. The van der Waals surface area contributed by atoms with Crippen molar-refractivity contribution >= 4 is 0 Å². The van der Waals surface area contributed by atoms with Crippen molar-refractivity contribution in [1.82, 2.24) is 0 Å². The number of benzene rings is 2. The van der Waals surface area contributed by atoms with Crippen LogP contribution < -0.4 is 4.74 Å². The number of hydrogen-bond donors (Lipinski definition) is 0. The highest BCUT2D eigenvalue weighted by Gasteiger charge is 2.33. The third-order valence-electron chi connectivity index (χ3n) is 6.84. The molecule has 2 aromatic carbocycles. The first-order valence-electron chi connectivity index (χ1n) is 12.0. The Morgan fingerprint density at radius 2 is 1.55 bits per heavy atom. The first kappa shape index (κ1) is 21.9. The summed E-state index contributed by atoms with van der Waals surface area (Å²) in [6.07, 6.45) is 14.7. The molecular formula is C28H40O. The molecule has 0 saturated heterocycles. The first-order chi connectivity index (χ1) is 14.2. The number of unbranched alkanes of at least 4 members (excludes halogenated alkanes) is 3. The van der Waals surface area contributed by atoms with Gasteiger partial charge in [-0.3, -0.25) is 0 Å². The van der Waals surface area contributed by atoms with E-state index in [1.54, 1.807) is 5.56 Å². The molecule has 1 fully saturated rings. The fourth-order valence-corrected chi connectivity index (χ4v) is 5.01. The average Bonchev–Trinajstić information content (AvgIpc) is 2.75. The molecule has 0 amide bonds. The second kappa shape index (κ2) is 10.9. The zero-order valence-corrected chi connectivity index (χ0v) is 18.9. The molecule has 0 unspecified atom stereocenters. The van der Waals surface area contributed by atoms with Gasteiger partial charge in [-0.05, 0) is 72.4 Å². The van der Waals surface area contributed by atoms with Crippen LogP contribution in [0, 0.1) is 6.92 Å². The minimum Gasteiger partial charge on any atom is -0.494 e. The van der Waals surface area contributed by atoms with E-state index in [1.165, 1.54) is 80.9 Å². The SMILES string of the molecule is CCCCCC1(c2ccc(-c3ccc(OCCCC)cc3)c(C)c2)CCCCC1. The average molecular weight is 393 g/mol. The standard InChI is InChI=1S/C28H40O/c1-4-6-9-18-28(19-10-8-11-20-28)25-14-17-27(23(3)22-25)24-12-15-26(16-13-24)29-21-7-5-2/h12-17,22H,4-11,18-21H2,1-3H3. The Kier molecular flexibility index (Phi) is 8.21. The van der Waals surface area contributed by atoms with E-state index in [1.807, 2.05) is 0 Å². The van der Waals surface area contributed by atoms with Gasteiger partial charge in [-0.1, -0.05) is 89.1 Å². The van der Waals surface area contributed by atoms with Gasteiger partial charge < -0.3 is 4.74 Å². The van der Waals surface area contributed by atoms with E-state index in [0.29, 0.717) is 5.41 Å². The van der Waals surface area contributed by atoms with Gasteiger partial charge in [0.15, 0.2) is 0 Å². The summed E-state index contributed by atoms with van der Waals surface area (Å²) in [4.78, 5) is 0. The van der Waals surface area contributed by atoms with E-state index >= 15 is 0 Å². The molecule has 29 heavy (non-hydrogen) atoms. The second-order valence-electron chi connectivity index (χ2n) is 9.05. The van der Waals surface area contributed by atoms with E-state index in [-0.39, 0.29) is 0 Å². The number of hydrogen-bond acceptors (Lipinski definition) is 1. The molecule has 158 valence electrons. The summed E-state index contributed by atoms with van der Waals surface area (Å²) in [6, 6.07) is 16.0. The fraction of sp³-hybridized carbons (Fsp3) is 0.571. The molecule has 0 radical (unpaired) electrons. The Morgan fingerprint density at radius 1 is 0.828 bits per heavy atom. The summed E-state index contributed by atoms with van der Waals surface area (Å²) in [7, 11) is 0. The van der Waals surface area contributed by atoms with Crippen molar-refractivity contribution in [1.29, 1.82) is 0 Å². The van der Waals surface area contributed by atoms with Crippen LogP contribution in [0.25, 0.3) is 11.1 Å². The van der Waals surface area contributed by atoms with E-state index in [0.717, 1.165) is 18.8 Å². The van der Waals surface area contributed by atoms with Gasteiger partial charge in [0.25, 0.3) is 0 Å².